The van der Waals surface area contributed by atoms with Crippen molar-refractivity contribution in [2.24, 2.45) is 0 Å². The molecule has 5 heteroatoms. The molecule has 0 fully saturated rings. The van der Waals surface area contributed by atoms with Crippen molar-refractivity contribution in [2.45, 2.75) is 33.2 Å². The van der Waals surface area contributed by atoms with Gasteiger partial charge in [-0.2, -0.15) is 0 Å². The molecule has 0 spiro atoms. The van der Waals surface area contributed by atoms with Gasteiger partial charge in [0.05, 0.1) is 0 Å². The Hall–Kier alpha value is -0.640. The predicted molar refractivity (Wildman–Crippen MR) is 82.9 cm³/mol. The van der Waals surface area contributed by atoms with E-state index in [2.05, 4.69) is 18.7 Å². The van der Waals surface area contributed by atoms with Crippen LogP contribution >= 0.6 is 24.8 Å². The Morgan fingerprint density at radius 1 is 1.11 bits per heavy atom. The molecule has 0 radical (unpaired) electrons. The van der Waals surface area contributed by atoms with Crippen LogP contribution in [0.1, 0.15) is 32.3 Å². The van der Waals surface area contributed by atoms with Crippen molar-refractivity contribution >= 4 is 30.5 Å². The molecule has 106 valence electrons. The van der Waals surface area contributed by atoms with E-state index in [1.54, 1.807) is 12.1 Å². The Bertz CT molecular complexity index is 329. The summed E-state index contributed by atoms with van der Waals surface area (Å²) >= 11 is 0. The third kappa shape index (κ3) is 6.34. The van der Waals surface area contributed by atoms with Gasteiger partial charge >= 0.3 is 0 Å². The molecule has 0 unspecified atom stereocenters. The van der Waals surface area contributed by atoms with Crippen molar-refractivity contribution in [3.05, 3.63) is 23.8 Å². The zero-order chi connectivity index (χ0) is 12.0. The first-order valence-corrected chi connectivity index (χ1v) is 5.97. The van der Waals surface area contributed by atoms with Crippen LogP contribution in [0.25, 0.3) is 0 Å². The van der Waals surface area contributed by atoms with Crippen LogP contribution in [0.5, 0.6) is 5.75 Å². The van der Waals surface area contributed by atoms with E-state index in [0.29, 0.717) is 11.4 Å². The van der Waals surface area contributed by atoms with E-state index < -0.39 is 0 Å². The minimum atomic E-state index is 0. The number of hydrogen-bond acceptors (Lipinski definition) is 3. The quantitative estimate of drug-likeness (QED) is 0.624. The Balaban J connectivity index is 0. The zero-order valence-electron chi connectivity index (χ0n) is 11.1. The lowest BCUT2D eigenvalue weighted by atomic mass is 10.1. The van der Waals surface area contributed by atoms with Crippen LogP contribution in [-0.2, 0) is 6.54 Å². The van der Waals surface area contributed by atoms with E-state index in [1.165, 1.54) is 0 Å². The van der Waals surface area contributed by atoms with Crippen molar-refractivity contribution in [2.75, 3.05) is 18.8 Å². The second-order valence-electron chi connectivity index (χ2n) is 4.16. The summed E-state index contributed by atoms with van der Waals surface area (Å²) in [6.07, 6.45) is 2.26. The van der Waals surface area contributed by atoms with Crippen molar-refractivity contribution in [3.8, 4) is 5.75 Å². The molecule has 1 aromatic rings. The second-order valence-corrected chi connectivity index (χ2v) is 4.16. The lowest BCUT2D eigenvalue weighted by molar-refractivity contribution is 0.263. The highest BCUT2D eigenvalue weighted by molar-refractivity contribution is 5.85. The Labute approximate surface area is 122 Å². The van der Waals surface area contributed by atoms with Crippen molar-refractivity contribution in [1.29, 1.82) is 0 Å². The normalized spacial score (nSPS) is 9.72. The summed E-state index contributed by atoms with van der Waals surface area (Å²) in [7, 11) is 0. The number of nitrogen functional groups attached to an aromatic ring is 1. The van der Waals surface area contributed by atoms with Gasteiger partial charge in [-0.3, -0.25) is 4.90 Å². The van der Waals surface area contributed by atoms with Gasteiger partial charge in [0.2, 0.25) is 0 Å². The van der Waals surface area contributed by atoms with Gasteiger partial charge in [-0.05, 0) is 44.1 Å². The van der Waals surface area contributed by atoms with Crippen LogP contribution in [0, 0.1) is 0 Å². The topological polar surface area (TPSA) is 49.5 Å². The monoisotopic (exact) mass is 294 g/mol. The molecule has 0 bridgehead atoms. The summed E-state index contributed by atoms with van der Waals surface area (Å²) in [6.45, 7) is 7.23. The fourth-order valence-corrected chi connectivity index (χ4v) is 1.88. The molecule has 0 amide bonds. The number of benzene rings is 1. The highest BCUT2D eigenvalue weighted by atomic mass is 35.5. The molecule has 3 N–H and O–H groups in total. The standard InChI is InChI=1S/C13H22N2O.2ClH/c1-3-7-15(8-4-2)10-11-9-12(14)5-6-13(11)16;;/h5-6,9,16H,3-4,7-8,10,14H2,1-2H3;2*1H. The van der Waals surface area contributed by atoms with E-state index >= 15 is 0 Å². The van der Waals surface area contributed by atoms with Crippen molar-refractivity contribution in [3.63, 3.8) is 0 Å². The average molecular weight is 295 g/mol. The van der Waals surface area contributed by atoms with Gasteiger partial charge in [0.25, 0.3) is 0 Å². The summed E-state index contributed by atoms with van der Waals surface area (Å²) in [4.78, 5) is 2.34. The van der Waals surface area contributed by atoms with Crippen LogP contribution in [0.2, 0.25) is 0 Å². The summed E-state index contributed by atoms with van der Waals surface area (Å²) < 4.78 is 0. The number of halogens is 2. The van der Waals surface area contributed by atoms with Gasteiger partial charge in [0.1, 0.15) is 5.75 Å². The molecule has 1 aromatic carbocycles. The zero-order valence-corrected chi connectivity index (χ0v) is 12.7. The van der Waals surface area contributed by atoms with Gasteiger partial charge in [0.15, 0.2) is 0 Å². The van der Waals surface area contributed by atoms with E-state index in [4.69, 9.17) is 5.73 Å². The first-order chi connectivity index (χ1) is 7.67. The fraction of sp³-hybridized carbons (Fsp3) is 0.538. The van der Waals surface area contributed by atoms with Crippen LogP contribution in [0.4, 0.5) is 5.69 Å². The lowest BCUT2D eigenvalue weighted by Gasteiger charge is -2.21. The average Bonchev–Trinajstić information content (AvgIpc) is 2.24. The van der Waals surface area contributed by atoms with Gasteiger partial charge < -0.3 is 10.8 Å². The van der Waals surface area contributed by atoms with Crippen LogP contribution in [0.3, 0.4) is 0 Å². The van der Waals surface area contributed by atoms with Gasteiger partial charge in [-0.1, -0.05) is 13.8 Å². The van der Waals surface area contributed by atoms with Crippen LogP contribution in [-0.4, -0.2) is 23.1 Å². The Morgan fingerprint density at radius 2 is 1.67 bits per heavy atom. The molecular formula is C13H24Cl2N2O. The second kappa shape index (κ2) is 10.3. The summed E-state index contributed by atoms with van der Waals surface area (Å²) in [5, 5.41) is 9.74. The lowest BCUT2D eigenvalue weighted by Crippen LogP contribution is -2.24. The highest BCUT2D eigenvalue weighted by Crippen LogP contribution is 2.21. The predicted octanol–water partition coefficient (Wildman–Crippen LogP) is 3.44. The molecule has 0 aliphatic carbocycles. The summed E-state index contributed by atoms with van der Waals surface area (Å²) in [5.74, 6) is 0.339. The first kappa shape index (κ1) is 19.7. The molecule has 3 nitrogen and oxygen atoms in total. The number of anilines is 1. The van der Waals surface area contributed by atoms with E-state index in [-0.39, 0.29) is 24.8 Å². The molecule has 0 aliphatic heterocycles. The number of nitrogens with zero attached hydrogens (tertiary/aromatic N) is 1. The smallest absolute Gasteiger partial charge is 0.120 e. The van der Waals surface area contributed by atoms with Gasteiger partial charge in [-0.15, -0.1) is 24.8 Å². The molecule has 0 saturated carbocycles. The summed E-state index contributed by atoms with van der Waals surface area (Å²) in [6, 6.07) is 5.25. The van der Waals surface area contributed by atoms with Crippen LogP contribution in [0.15, 0.2) is 18.2 Å². The molecule has 0 saturated heterocycles. The third-order valence-corrected chi connectivity index (χ3v) is 2.58. The van der Waals surface area contributed by atoms with E-state index in [1.807, 2.05) is 6.07 Å². The SMILES string of the molecule is CCCN(CCC)Cc1cc(N)ccc1O.Cl.Cl. The maximum atomic E-state index is 9.74. The maximum absolute atomic E-state index is 9.74. The van der Waals surface area contributed by atoms with Crippen LogP contribution < -0.4 is 5.73 Å². The minimum Gasteiger partial charge on any atom is -0.508 e. The molecule has 0 aliphatic rings. The van der Waals surface area contributed by atoms with Gasteiger partial charge in [-0.25, -0.2) is 0 Å². The number of rotatable bonds is 6. The summed E-state index contributed by atoms with van der Waals surface area (Å²) in [5.41, 5.74) is 7.35. The molecule has 1 rings (SSSR count). The third-order valence-electron chi connectivity index (χ3n) is 2.58. The molecule has 0 aromatic heterocycles. The van der Waals surface area contributed by atoms with Crippen molar-refractivity contribution in [1.82, 2.24) is 4.90 Å². The number of phenols is 1. The molecule has 0 heterocycles. The molecular weight excluding hydrogens is 271 g/mol. The van der Waals surface area contributed by atoms with Crippen molar-refractivity contribution < 1.29 is 5.11 Å². The number of hydrogen-bond donors (Lipinski definition) is 2. The first-order valence-electron chi connectivity index (χ1n) is 5.97. The van der Waals surface area contributed by atoms with Gasteiger partial charge in [0, 0.05) is 17.8 Å². The maximum Gasteiger partial charge on any atom is 0.120 e. The van der Waals surface area contributed by atoms with E-state index in [9.17, 15) is 5.11 Å². The Kier molecular flexibility index (Phi) is 11.3. The molecule has 18 heavy (non-hydrogen) atoms. The number of aromatic hydroxyl groups is 1. The minimum absolute atomic E-state index is 0. The van der Waals surface area contributed by atoms with E-state index in [0.717, 1.165) is 38.0 Å². The highest BCUT2D eigenvalue weighted by Gasteiger charge is 2.07. The largest absolute Gasteiger partial charge is 0.508 e. The number of nitrogens with two attached hydrogens (primary N) is 1. The molecule has 0 atom stereocenters. The fourth-order valence-electron chi connectivity index (χ4n) is 1.88. The number of phenolic OH excluding ortho intramolecular Hbond substituents is 1. The Morgan fingerprint density at radius 3 is 2.17 bits per heavy atom.